The third kappa shape index (κ3) is 6.56. The smallest absolute Gasteiger partial charge is 0.192 e. The van der Waals surface area contributed by atoms with Gasteiger partial charge in [-0.05, 0) is 43.0 Å². The maximum absolute atomic E-state index is 6.16. The molecule has 3 rings (SSSR count). The maximum Gasteiger partial charge on any atom is 0.192 e. The Morgan fingerprint density at radius 2 is 2.03 bits per heavy atom. The van der Waals surface area contributed by atoms with Gasteiger partial charge in [-0.1, -0.05) is 35.3 Å². The summed E-state index contributed by atoms with van der Waals surface area (Å²) < 4.78 is 1.93. The zero-order valence-electron chi connectivity index (χ0n) is 16.3. The van der Waals surface area contributed by atoms with E-state index >= 15 is 0 Å². The molecule has 6 nitrogen and oxygen atoms in total. The summed E-state index contributed by atoms with van der Waals surface area (Å²) in [4.78, 5) is 5.92. The molecule has 0 spiro atoms. The van der Waals surface area contributed by atoms with Gasteiger partial charge in [0.25, 0.3) is 0 Å². The Kier molecular flexibility index (Phi) is 9.19. The quantitative estimate of drug-likeness (QED) is 0.248. The topological polar surface area (TPSA) is 67.1 Å². The third-order valence-electron chi connectivity index (χ3n) is 4.37. The second-order valence-electron chi connectivity index (χ2n) is 6.36. The lowest BCUT2D eigenvalue weighted by Crippen LogP contribution is -2.38. The first-order chi connectivity index (χ1) is 13.4. The molecule has 10 heteroatoms. The first-order valence-corrected chi connectivity index (χ1v) is 10.4. The number of guanidine groups is 1. The number of hydrogen-bond donors (Lipinski definition) is 2. The standard InChI is InChI=1S/C19H22Cl2N6S.HI/c1-12(14-6-7-16(20)17(21)9-14)24-19(22-10-15-5-4-8-28-15)23-11-18-26-25-13(2)27(18)3;/h4-9,12H,10-11H2,1-3H3,(H2,22,23,24);1H. The van der Waals surface area contributed by atoms with E-state index in [0.717, 1.165) is 17.2 Å². The zero-order valence-corrected chi connectivity index (χ0v) is 21.0. The number of aromatic nitrogens is 3. The molecule has 0 saturated heterocycles. The number of halogens is 3. The van der Waals surface area contributed by atoms with Crippen LogP contribution in [0, 0.1) is 6.92 Å². The fourth-order valence-corrected chi connectivity index (χ4v) is 3.50. The molecule has 29 heavy (non-hydrogen) atoms. The largest absolute Gasteiger partial charge is 0.351 e. The highest BCUT2D eigenvalue weighted by Crippen LogP contribution is 2.25. The SMILES string of the molecule is Cc1nnc(CN=C(NCc2cccs2)NC(C)c2ccc(Cl)c(Cl)c2)n1C.I. The molecule has 0 radical (unpaired) electrons. The van der Waals surface area contributed by atoms with E-state index in [9.17, 15) is 0 Å². The van der Waals surface area contributed by atoms with E-state index in [1.165, 1.54) is 4.88 Å². The minimum Gasteiger partial charge on any atom is -0.351 e. The summed E-state index contributed by atoms with van der Waals surface area (Å²) in [5, 5.41) is 18.2. The number of aliphatic imine (C=N–C) groups is 1. The van der Waals surface area contributed by atoms with Crippen molar-refractivity contribution >= 4 is 64.5 Å². The fourth-order valence-electron chi connectivity index (χ4n) is 2.55. The molecule has 0 bridgehead atoms. The van der Waals surface area contributed by atoms with Crippen LogP contribution in [0.5, 0.6) is 0 Å². The van der Waals surface area contributed by atoms with Crippen molar-refractivity contribution in [3.63, 3.8) is 0 Å². The van der Waals surface area contributed by atoms with Crippen molar-refractivity contribution in [2.45, 2.75) is 33.0 Å². The molecule has 0 saturated carbocycles. The minimum atomic E-state index is -0.00872. The van der Waals surface area contributed by atoms with Gasteiger partial charge in [-0.25, -0.2) is 4.99 Å². The molecule has 2 N–H and O–H groups in total. The molecule has 0 aliphatic carbocycles. The lowest BCUT2D eigenvalue weighted by atomic mass is 10.1. The number of aryl methyl sites for hydroxylation is 1. The summed E-state index contributed by atoms with van der Waals surface area (Å²) in [5.74, 6) is 2.35. The summed E-state index contributed by atoms with van der Waals surface area (Å²) in [6.45, 7) is 5.08. The Labute approximate surface area is 201 Å². The Hall–Kier alpha value is -1.36. The predicted octanol–water partition coefficient (Wildman–Crippen LogP) is 5.11. The molecule has 0 amide bonds. The molecule has 1 unspecified atom stereocenters. The van der Waals surface area contributed by atoms with Crippen LogP contribution in [0.25, 0.3) is 0 Å². The number of hydrogen-bond acceptors (Lipinski definition) is 4. The number of rotatable bonds is 6. The second-order valence-corrected chi connectivity index (χ2v) is 8.21. The maximum atomic E-state index is 6.16. The van der Waals surface area contributed by atoms with E-state index < -0.39 is 0 Å². The van der Waals surface area contributed by atoms with Gasteiger partial charge in [0.2, 0.25) is 0 Å². The molecular weight excluding hydrogens is 542 g/mol. The van der Waals surface area contributed by atoms with E-state index in [0.29, 0.717) is 29.1 Å². The van der Waals surface area contributed by atoms with Gasteiger partial charge in [0.15, 0.2) is 11.8 Å². The van der Waals surface area contributed by atoms with Crippen LogP contribution in [0.4, 0.5) is 0 Å². The highest BCUT2D eigenvalue weighted by atomic mass is 127. The lowest BCUT2D eigenvalue weighted by molar-refractivity contribution is 0.677. The molecule has 0 fully saturated rings. The molecule has 2 heterocycles. The Balaban J connectivity index is 0.00000300. The van der Waals surface area contributed by atoms with E-state index in [-0.39, 0.29) is 30.0 Å². The molecule has 156 valence electrons. The average Bonchev–Trinajstić information content (AvgIpc) is 3.31. The number of benzene rings is 1. The van der Waals surface area contributed by atoms with Crippen molar-refractivity contribution in [1.29, 1.82) is 0 Å². The van der Waals surface area contributed by atoms with Crippen molar-refractivity contribution in [2.75, 3.05) is 0 Å². The zero-order chi connectivity index (χ0) is 20.1. The van der Waals surface area contributed by atoms with Gasteiger partial charge in [-0.2, -0.15) is 0 Å². The fraction of sp³-hybridized carbons (Fsp3) is 0.316. The molecule has 0 aliphatic heterocycles. The predicted molar refractivity (Wildman–Crippen MR) is 131 cm³/mol. The van der Waals surface area contributed by atoms with Gasteiger partial charge >= 0.3 is 0 Å². The van der Waals surface area contributed by atoms with Gasteiger partial charge in [0.1, 0.15) is 12.4 Å². The van der Waals surface area contributed by atoms with Crippen LogP contribution in [0.2, 0.25) is 10.0 Å². The molecular formula is C19H23Cl2IN6S. The van der Waals surface area contributed by atoms with Crippen molar-refractivity contribution in [3.8, 4) is 0 Å². The van der Waals surface area contributed by atoms with Gasteiger partial charge in [-0.3, -0.25) is 0 Å². The van der Waals surface area contributed by atoms with Gasteiger partial charge < -0.3 is 15.2 Å². The molecule has 1 aromatic carbocycles. The number of thiophene rings is 1. The van der Waals surface area contributed by atoms with Gasteiger partial charge in [0.05, 0.1) is 22.6 Å². The van der Waals surface area contributed by atoms with Crippen molar-refractivity contribution in [2.24, 2.45) is 12.0 Å². The number of nitrogens with zero attached hydrogens (tertiary/aromatic N) is 4. The number of nitrogens with one attached hydrogen (secondary N) is 2. The van der Waals surface area contributed by atoms with Crippen molar-refractivity contribution in [3.05, 3.63) is 67.8 Å². The van der Waals surface area contributed by atoms with Crippen molar-refractivity contribution < 1.29 is 0 Å². The molecule has 2 aromatic heterocycles. The summed E-state index contributed by atoms with van der Waals surface area (Å²) in [5.41, 5.74) is 1.02. The van der Waals surface area contributed by atoms with Gasteiger partial charge in [0, 0.05) is 11.9 Å². The highest BCUT2D eigenvalue weighted by molar-refractivity contribution is 14.0. The van der Waals surface area contributed by atoms with E-state index in [2.05, 4.69) is 37.3 Å². The van der Waals surface area contributed by atoms with Crippen LogP contribution in [0.3, 0.4) is 0 Å². The summed E-state index contributed by atoms with van der Waals surface area (Å²) in [6, 6.07) is 9.73. The van der Waals surface area contributed by atoms with Crippen LogP contribution in [0.15, 0.2) is 40.7 Å². The Bertz CT molecular complexity index is 958. The van der Waals surface area contributed by atoms with Crippen LogP contribution < -0.4 is 10.6 Å². The Morgan fingerprint density at radius 3 is 2.66 bits per heavy atom. The van der Waals surface area contributed by atoms with E-state index in [1.54, 1.807) is 17.4 Å². The van der Waals surface area contributed by atoms with Crippen LogP contribution in [-0.4, -0.2) is 20.7 Å². The first kappa shape index (κ1) is 23.9. The minimum absolute atomic E-state index is 0. The first-order valence-electron chi connectivity index (χ1n) is 8.81. The third-order valence-corrected chi connectivity index (χ3v) is 5.98. The monoisotopic (exact) mass is 564 g/mol. The Morgan fingerprint density at radius 1 is 1.24 bits per heavy atom. The van der Waals surface area contributed by atoms with Gasteiger partial charge in [-0.15, -0.1) is 45.5 Å². The second kappa shape index (κ2) is 11.1. The molecule has 1 atom stereocenters. The van der Waals surface area contributed by atoms with Crippen LogP contribution in [-0.2, 0) is 20.1 Å². The van der Waals surface area contributed by atoms with Crippen molar-refractivity contribution in [1.82, 2.24) is 25.4 Å². The van der Waals surface area contributed by atoms with Crippen LogP contribution >= 0.6 is 58.5 Å². The summed E-state index contributed by atoms with van der Waals surface area (Å²) in [7, 11) is 1.94. The molecule has 0 aliphatic rings. The lowest BCUT2D eigenvalue weighted by Gasteiger charge is -2.19. The summed E-state index contributed by atoms with van der Waals surface area (Å²) >= 11 is 13.9. The summed E-state index contributed by atoms with van der Waals surface area (Å²) in [6.07, 6.45) is 0. The van der Waals surface area contributed by atoms with E-state index in [1.807, 2.05) is 43.7 Å². The highest BCUT2D eigenvalue weighted by Gasteiger charge is 2.11. The molecule has 3 aromatic rings. The van der Waals surface area contributed by atoms with E-state index in [4.69, 9.17) is 23.2 Å². The normalized spacial score (nSPS) is 12.4. The van der Waals surface area contributed by atoms with Crippen LogP contribution in [0.1, 0.15) is 35.1 Å². The average molecular weight is 565 g/mol.